The molecule has 18 heavy (non-hydrogen) atoms. The van der Waals surface area contributed by atoms with Crippen molar-refractivity contribution in [2.24, 2.45) is 0 Å². The molecule has 104 valence electrons. The van der Waals surface area contributed by atoms with Crippen LogP contribution in [-0.4, -0.2) is 63.8 Å². The number of unbranched alkanes of at least 4 members (excludes halogenated alkanes) is 1. The zero-order valence-electron chi connectivity index (χ0n) is 11.0. The average Bonchev–Trinajstić information content (AvgIpc) is 2.72. The van der Waals surface area contributed by atoms with Gasteiger partial charge in [-0.3, -0.25) is 0 Å². The van der Waals surface area contributed by atoms with E-state index < -0.39 is 18.1 Å². The van der Waals surface area contributed by atoms with Gasteiger partial charge in [0.1, 0.15) is 6.04 Å². The summed E-state index contributed by atoms with van der Waals surface area (Å²) in [5.41, 5.74) is 0. The van der Waals surface area contributed by atoms with Gasteiger partial charge in [0.15, 0.2) is 0 Å². The van der Waals surface area contributed by atoms with E-state index in [9.17, 15) is 14.7 Å². The normalized spacial score (nSPS) is 23.2. The molecule has 0 bridgehead atoms. The van der Waals surface area contributed by atoms with Crippen molar-refractivity contribution in [1.82, 2.24) is 9.80 Å². The van der Waals surface area contributed by atoms with Gasteiger partial charge in [0.2, 0.25) is 0 Å². The molecule has 2 N–H and O–H groups in total. The highest BCUT2D eigenvalue weighted by atomic mass is 16.4. The molecule has 0 saturated carbocycles. The summed E-state index contributed by atoms with van der Waals surface area (Å²) in [5, 5.41) is 18.6. The summed E-state index contributed by atoms with van der Waals surface area (Å²) in [7, 11) is 0. The molecule has 0 aromatic heterocycles. The van der Waals surface area contributed by atoms with Crippen LogP contribution in [0, 0.1) is 0 Å². The highest BCUT2D eigenvalue weighted by molar-refractivity contribution is 5.83. The number of aliphatic hydroxyl groups excluding tert-OH is 1. The third kappa shape index (κ3) is 3.35. The second kappa shape index (κ2) is 6.58. The van der Waals surface area contributed by atoms with Crippen LogP contribution in [-0.2, 0) is 4.79 Å². The Morgan fingerprint density at radius 1 is 1.39 bits per heavy atom. The molecule has 2 atom stereocenters. The smallest absolute Gasteiger partial charge is 0.326 e. The quantitative estimate of drug-likeness (QED) is 0.762. The Bertz CT molecular complexity index is 308. The average molecular weight is 258 g/mol. The Labute approximate surface area is 107 Å². The molecule has 2 unspecified atom stereocenters. The standard InChI is InChI=1S/C12H22N2O4/c1-3-5-6-13(4-2)12(18)14-8-9(15)7-10(14)11(16)17/h9-10,15H,3-8H2,1-2H3,(H,16,17). The molecule has 0 aromatic carbocycles. The third-order valence-corrected chi connectivity index (χ3v) is 3.24. The van der Waals surface area contributed by atoms with Crippen molar-refractivity contribution in [1.29, 1.82) is 0 Å². The molecular formula is C12H22N2O4. The van der Waals surface area contributed by atoms with Crippen LogP contribution in [0.3, 0.4) is 0 Å². The maximum Gasteiger partial charge on any atom is 0.326 e. The molecule has 0 aliphatic carbocycles. The van der Waals surface area contributed by atoms with Gasteiger partial charge in [-0.15, -0.1) is 0 Å². The van der Waals surface area contributed by atoms with E-state index in [1.165, 1.54) is 4.90 Å². The molecule has 1 heterocycles. The number of nitrogens with zero attached hydrogens (tertiary/aromatic N) is 2. The Balaban J connectivity index is 2.70. The number of hydrogen-bond acceptors (Lipinski definition) is 3. The van der Waals surface area contributed by atoms with E-state index in [-0.39, 0.29) is 19.0 Å². The van der Waals surface area contributed by atoms with Gasteiger partial charge in [-0.2, -0.15) is 0 Å². The van der Waals surface area contributed by atoms with Gasteiger partial charge in [-0.25, -0.2) is 9.59 Å². The van der Waals surface area contributed by atoms with E-state index in [4.69, 9.17) is 5.11 Å². The molecule has 6 heteroatoms. The lowest BCUT2D eigenvalue weighted by molar-refractivity contribution is -0.141. The Kier molecular flexibility index (Phi) is 5.40. The number of likely N-dealkylation sites (tertiary alicyclic amines) is 1. The molecule has 0 radical (unpaired) electrons. The molecule has 1 fully saturated rings. The lowest BCUT2D eigenvalue weighted by Crippen LogP contribution is -2.48. The Morgan fingerprint density at radius 3 is 2.56 bits per heavy atom. The first-order valence-electron chi connectivity index (χ1n) is 6.47. The number of urea groups is 1. The number of carboxylic acids is 1. The van der Waals surface area contributed by atoms with Crippen molar-refractivity contribution < 1.29 is 19.8 Å². The maximum atomic E-state index is 12.2. The summed E-state index contributed by atoms with van der Waals surface area (Å²) in [6, 6.07) is -1.18. The molecule has 2 amide bonds. The van der Waals surface area contributed by atoms with E-state index >= 15 is 0 Å². The van der Waals surface area contributed by atoms with E-state index in [1.54, 1.807) is 4.90 Å². The van der Waals surface area contributed by atoms with Crippen molar-refractivity contribution in [2.75, 3.05) is 19.6 Å². The number of carbonyl (C=O) groups excluding carboxylic acids is 1. The lowest BCUT2D eigenvalue weighted by atomic mass is 10.2. The third-order valence-electron chi connectivity index (χ3n) is 3.24. The van der Waals surface area contributed by atoms with Gasteiger partial charge in [0.05, 0.1) is 6.10 Å². The highest BCUT2D eigenvalue weighted by Gasteiger charge is 2.40. The number of aliphatic carboxylic acids is 1. The second-order valence-corrected chi connectivity index (χ2v) is 4.61. The van der Waals surface area contributed by atoms with Crippen LogP contribution in [0.1, 0.15) is 33.1 Å². The van der Waals surface area contributed by atoms with Gasteiger partial charge < -0.3 is 20.0 Å². The first-order chi connectivity index (χ1) is 8.51. The molecule has 1 rings (SSSR count). The number of rotatable bonds is 5. The van der Waals surface area contributed by atoms with Crippen molar-refractivity contribution in [3.63, 3.8) is 0 Å². The summed E-state index contributed by atoms with van der Waals surface area (Å²) in [4.78, 5) is 26.2. The number of carbonyl (C=O) groups is 2. The molecule has 1 aliphatic heterocycles. The van der Waals surface area contributed by atoms with E-state index in [0.717, 1.165) is 12.8 Å². The summed E-state index contributed by atoms with van der Waals surface area (Å²) >= 11 is 0. The van der Waals surface area contributed by atoms with E-state index in [2.05, 4.69) is 0 Å². The van der Waals surface area contributed by atoms with Gasteiger partial charge in [0.25, 0.3) is 0 Å². The van der Waals surface area contributed by atoms with Crippen molar-refractivity contribution in [2.45, 2.75) is 45.3 Å². The van der Waals surface area contributed by atoms with Gasteiger partial charge in [0, 0.05) is 26.1 Å². The van der Waals surface area contributed by atoms with Crippen LogP contribution < -0.4 is 0 Å². The van der Waals surface area contributed by atoms with Crippen molar-refractivity contribution in [3.05, 3.63) is 0 Å². The van der Waals surface area contributed by atoms with Crippen LogP contribution in [0.4, 0.5) is 4.79 Å². The molecule has 1 aliphatic rings. The molecule has 0 aromatic rings. The van der Waals surface area contributed by atoms with Crippen LogP contribution in [0.25, 0.3) is 0 Å². The lowest BCUT2D eigenvalue weighted by Gasteiger charge is -2.29. The fourth-order valence-corrected chi connectivity index (χ4v) is 2.18. The summed E-state index contributed by atoms with van der Waals surface area (Å²) in [5.74, 6) is -1.05. The SMILES string of the molecule is CCCCN(CC)C(=O)N1CC(O)CC1C(=O)O. The number of amides is 2. The van der Waals surface area contributed by atoms with Gasteiger partial charge in [-0.1, -0.05) is 13.3 Å². The monoisotopic (exact) mass is 258 g/mol. The predicted molar refractivity (Wildman–Crippen MR) is 66.3 cm³/mol. The minimum Gasteiger partial charge on any atom is -0.480 e. The van der Waals surface area contributed by atoms with Gasteiger partial charge >= 0.3 is 12.0 Å². The largest absolute Gasteiger partial charge is 0.480 e. The van der Waals surface area contributed by atoms with E-state index in [1.807, 2.05) is 13.8 Å². The highest BCUT2D eigenvalue weighted by Crippen LogP contribution is 2.20. The first kappa shape index (κ1) is 14.8. The zero-order chi connectivity index (χ0) is 13.7. The number of β-amino-alcohol motifs (C(OH)–C–C–N with tert-alkyl or cyclic N) is 1. The van der Waals surface area contributed by atoms with Crippen LogP contribution >= 0.6 is 0 Å². The molecule has 0 spiro atoms. The van der Waals surface area contributed by atoms with Gasteiger partial charge in [-0.05, 0) is 13.3 Å². The first-order valence-corrected chi connectivity index (χ1v) is 6.47. The van der Waals surface area contributed by atoms with Crippen LogP contribution in [0.2, 0.25) is 0 Å². The fourth-order valence-electron chi connectivity index (χ4n) is 2.18. The van der Waals surface area contributed by atoms with Crippen LogP contribution in [0.15, 0.2) is 0 Å². The molecule has 1 saturated heterocycles. The number of carboxylic acid groups (broad SMARTS) is 1. The maximum absolute atomic E-state index is 12.2. The minimum atomic E-state index is -1.05. The minimum absolute atomic E-state index is 0.110. The molecular weight excluding hydrogens is 236 g/mol. The Hall–Kier alpha value is -1.30. The van der Waals surface area contributed by atoms with Crippen molar-refractivity contribution in [3.8, 4) is 0 Å². The second-order valence-electron chi connectivity index (χ2n) is 4.61. The zero-order valence-corrected chi connectivity index (χ0v) is 11.0. The summed E-state index contributed by atoms with van der Waals surface area (Å²) in [6.45, 7) is 5.20. The molecule has 6 nitrogen and oxygen atoms in total. The van der Waals surface area contributed by atoms with Crippen LogP contribution in [0.5, 0.6) is 0 Å². The van der Waals surface area contributed by atoms with Crippen molar-refractivity contribution >= 4 is 12.0 Å². The topological polar surface area (TPSA) is 81.1 Å². The van der Waals surface area contributed by atoms with E-state index in [0.29, 0.717) is 13.1 Å². The number of aliphatic hydroxyl groups is 1. The summed E-state index contributed by atoms with van der Waals surface area (Å²) in [6.07, 6.45) is 1.26. The number of hydrogen-bond donors (Lipinski definition) is 2. The predicted octanol–water partition coefficient (Wildman–Crippen LogP) is 0.748. The fraction of sp³-hybridized carbons (Fsp3) is 0.833. The Morgan fingerprint density at radius 2 is 2.06 bits per heavy atom. The summed E-state index contributed by atoms with van der Waals surface area (Å²) < 4.78 is 0.